The lowest BCUT2D eigenvalue weighted by atomic mass is 10.1. The second-order valence-electron chi connectivity index (χ2n) is 5.84. The van der Waals surface area contributed by atoms with Crippen LogP contribution in [0.5, 0.6) is 0 Å². The van der Waals surface area contributed by atoms with Crippen molar-refractivity contribution in [2.75, 3.05) is 44.2 Å². The number of anilines is 1. The molecular weight excluding hydrogens is 344 g/mol. The molecule has 1 fully saturated rings. The van der Waals surface area contributed by atoms with E-state index < -0.39 is 18.0 Å². The van der Waals surface area contributed by atoms with Gasteiger partial charge in [-0.2, -0.15) is 0 Å². The molecule has 0 aliphatic carbocycles. The Morgan fingerprint density at radius 2 is 1.50 bits per heavy atom. The third-order valence-corrected chi connectivity index (χ3v) is 3.87. The highest BCUT2D eigenvalue weighted by Gasteiger charge is 2.19. The van der Waals surface area contributed by atoms with Gasteiger partial charge in [0.2, 0.25) is 0 Å². The van der Waals surface area contributed by atoms with Crippen molar-refractivity contribution in [3.63, 3.8) is 0 Å². The van der Waals surface area contributed by atoms with Gasteiger partial charge in [0.1, 0.15) is 0 Å². The molecule has 26 heavy (non-hydrogen) atoms. The monoisotopic (exact) mass is 368 g/mol. The topological polar surface area (TPSA) is 139 Å². The zero-order valence-electron chi connectivity index (χ0n) is 14.5. The number of nitrogens with zero attached hydrogens (tertiary/aromatic N) is 2. The Labute approximate surface area is 151 Å². The number of aliphatic hydroxyl groups is 2. The summed E-state index contributed by atoms with van der Waals surface area (Å²) in [6, 6.07) is 7.68. The summed E-state index contributed by atoms with van der Waals surface area (Å²) in [5, 5.41) is 33.1. The molecule has 9 heteroatoms. The van der Waals surface area contributed by atoms with E-state index in [1.165, 1.54) is 0 Å². The maximum atomic E-state index is 11.2. The number of ketones is 1. The molecule has 144 valence electrons. The van der Waals surface area contributed by atoms with Crippen LogP contribution in [0.1, 0.15) is 17.3 Å². The van der Waals surface area contributed by atoms with Crippen LogP contribution in [0, 0.1) is 0 Å². The zero-order valence-corrected chi connectivity index (χ0v) is 14.5. The van der Waals surface area contributed by atoms with Crippen LogP contribution in [0.4, 0.5) is 5.69 Å². The minimum absolute atomic E-state index is 0.0827. The summed E-state index contributed by atoms with van der Waals surface area (Å²) in [5.41, 5.74) is 1.86. The fourth-order valence-electron chi connectivity index (χ4n) is 2.45. The Balaban J connectivity index is 0.000000487. The lowest BCUT2D eigenvalue weighted by molar-refractivity contribution is -0.159. The molecule has 0 spiro atoms. The normalized spacial score (nSPS) is 15.6. The van der Waals surface area contributed by atoms with Crippen molar-refractivity contribution in [2.45, 2.75) is 13.0 Å². The van der Waals surface area contributed by atoms with E-state index in [0.717, 1.165) is 37.4 Å². The van der Waals surface area contributed by atoms with E-state index in [2.05, 4.69) is 9.80 Å². The zero-order chi connectivity index (χ0) is 19.7. The fraction of sp³-hybridized carbons (Fsp3) is 0.471. The first-order valence-corrected chi connectivity index (χ1v) is 8.08. The first-order valence-electron chi connectivity index (χ1n) is 8.08. The van der Waals surface area contributed by atoms with Crippen LogP contribution in [-0.4, -0.2) is 88.5 Å². The van der Waals surface area contributed by atoms with E-state index in [4.69, 9.17) is 24.9 Å². The number of hydrogen-bond donors (Lipinski definition) is 4. The van der Waals surface area contributed by atoms with Gasteiger partial charge in [-0.1, -0.05) is 0 Å². The third-order valence-electron chi connectivity index (χ3n) is 3.87. The smallest absolute Gasteiger partial charge is 0.414 e. The summed E-state index contributed by atoms with van der Waals surface area (Å²) < 4.78 is 0. The van der Waals surface area contributed by atoms with E-state index >= 15 is 0 Å². The van der Waals surface area contributed by atoms with Crippen LogP contribution in [0.25, 0.3) is 0 Å². The number of rotatable bonds is 5. The molecule has 0 bridgehead atoms. The van der Waals surface area contributed by atoms with Crippen molar-refractivity contribution in [2.24, 2.45) is 0 Å². The number of aliphatic hydroxyl groups excluding tert-OH is 2. The van der Waals surface area contributed by atoms with E-state index in [0.29, 0.717) is 6.54 Å². The molecule has 1 aromatic rings. The standard InChI is InChI=1S/C15H22N2O3.C2H2O4/c1-12(19)13-2-4-14(5-3-13)17-8-6-16(7-9-17)10-15(20)11-18;3-1(4)2(5)6/h2-5,15,18,20H,6-11H2,1H3;(H,3,4)(H,5,6). The quantitative estimate of drug-likeness (QED) is 0.401. The summed E-state index contributed by atoms with van der Waals surface area (Å²) in [5.74, 6) is -3.57. The van der Waals surface area contributed by atoms with Crippen LogP contribution in [0.15, 0.2) is 24.3 Å². The lowest BCUT2D eigenvalue weighted by Crippen LogP contribution is -2.49. The number of hydrogen-bond acceptors (Lipinski definition) is 7. The lowest BCUT2D eigenvalue weighted by Gasteiger charge is -2.36. The molecule has 1 atom stereocenters. The number of piperazine rings is 1. The second kappa shape index (κ2) is 10.5. The number of β-amino-alcohol motifs (C(OH)–C–C–N with tert-alkyl or cyclic N) is 1. The van der Waals surface area contributed by atoms with Gasteiger partial charge < -0.3 is 25.3 Å². The van der Waals surface area contributed by atoms with Crippen LogP contribution in [-0.2, 0) is 9.59 Å². The summed E-state index contributed by atoms with van der Waals surface area (Å²) in [6.45, 7) is 5.41. The van der Waals surface area contributed by atoms with Crippen molar-refractivity contribution in [3.8, 4) is 0 Å². The average molecular weight is 368 g/mol. The predicted molar refractivity (Wildman–Crippen MR) is 93.5 cm³/mol. The highest BCUT2D eigenvalue weighted by Crippen LogP contribution is 2.17. The van der Waals surface area contributed by atoms with Crippen LogP contribution in [0.3, 0.4) is 0 Å². The van der Waals surface area contributed by atoms with E-state index in [-0.39, 0.29) is 12.4 Å². The molecule has 4 N–H and O–H groups in total. The molecule has 1 heterocycles. The molecule has 0 saturated carbocycles. The maximum absolute atomic E-state index is 11.2. The molecule has 0 radical (unpaired) electrons. The van der Waals surface area contributed by atoms with E-state index in [1.807, 2.05) is 24.3 Å². The molecule has 1 saturated heterocycles. The Hall–Kier alpha value is -2.49. The van der Waals surface area contributed by atoms with Crippen LogP contribution in [0.2, 0.25) is 0 Å². The molecule has 1 aromatic carbocycles. The van der Waals surface area contributed by atoms with Gasteiger partial charge in [-0.05, 0) is 31.2 Å². The molecule has 1 aliphatic heterocycles. The highest BCUT2D eigenvalue weighted by molar-refractivity contribution is 6.27. The fourth-order valence-corrected chi connectivity index (χ4v) is 2.45. The first kappa shape index (κ1) is 21.6. The minimum Gasteiger partial charge on any atom is -0.473 e. The van der Waals surface area contributed by atoms with Gasteiger partial charge >= 0.3 is 11.9 Å². The van der Waals surface area contributed by atoms with Crippen molar-refractivity contribution in [3.05, 3.63) is 29.8 Å². The van der Waals surface area contributed by atoms with Gasteiger partial charge in [-0.3, -0.25) is 9.69 Å². The van der Waals surface area contributed by atoms with Gasteiger partial charge in [0.15, 0.2) is 5.78 Å². The van der Waals surface area contributed by atoms with E-state index in [9.17, 15) is 9.90 Å². The number of aliphatic carboxylic acids is 2. The van der Waals surface area contributed by atoms with E-state index in [1.54, 1.807) is 6.92 Å². The molecule has 2 rings (SSSR count). The molecule has 0 aromatic heterocycles. The molecule has 1 unspecified atom stereocenters. The Morgan fingerprint density at radius 3 is 1.88 bits per heavy atom. The Morgan fingerprint density at radius 1 is 1.00 bits per heavy atom. The summed E-state index contributed by atoms with van der Waals surface area (Å²) in [6.07, 6.45) is -0.656. The van der Waals surface area contributed by atoms with Gasteiger partial charge in [-0.25, -0.2) is 9.59 Å². The predicted octanol–water partition coefficient (Wildman–Crippen LogP) is -0.480. The largest absolute Gasteiger partial charge is 0.473 e. The maximum Gasteiger partial charge on any atom is 0.414 e. The van der Waals surface area contributed by atoms with Gasteiger partial charge in [0.25, 0.3) is 0 Å². The summed E-state index contributed by atoms with van der Waals surface area (Å²) >= 11 is 0. The van der Waals surface area contributed by atoms with Gasteiger partial charge in [0, 0.05) is 44.0 Å². The third kappa shape index (κ3) is 7.18. The number of benzene rings is 1. The van der Waals surface area contributed by atoms with Gasteiger partial charge in [-0.15, -0.1) is 0 Å². The minimum atomic E-state index is -1.82. The van der Waals surface area contributed by atoms with Crippen molar-refractivity contribution < 1.29 is 34.8 Å². The van der Waals surface area contributed by atoms with Gasteiger partial charge in [0.05, 0.1) is 12.7 Å². The second-order valence-corrected chi connectivity index (χ2v) is 5.84. The summed E-state index contributed by atoms with van der Waals surface area (Å²) in [7, 11) is 0. The van der Waals surface area contributed by atoms with Crippen molar-refractivity contribution in [1.82, 2.24) is 4.90 Å². The molecule has 0 amide bonds. The van der Waals surface area contributed by atoms with Crippen molar-refractivity contribution >= 4 is 23.4 Å². The molecule has 9 nitrogen and oxygen atoms in total. The average Bonchev–Trinajstić information content (AvgIpc) is 2.62. The Kier molecular flexibility index (Phi) is 8.70. The SMILES string of the molecule is CC(=O)c1ccc(N2CCN(CC(O)CO)CC2)cc1.O=C(O)C(=O)O. The number of carbonyl (C=O) groups is 3. The number of carboxylic acids is 2. The molecule has 1 aliphatic rings. The Bertz CT molecular complexity index is 598. The number of Topliss-reactive ketones (excluding diaryl/α,β-unsaturated/α-hetero) is 1. The number of carbonyl (C=O) groups excluding carboxylic acids is 1. The van der Waals surface area contributed by atoms with Crippen LogP contribution >= 0.6 is 0 Å². The summed E-state index contributed by atoms with van der Waals surface area (Å²) in [4.78, 5) is 33.9. The highest BCUT2D eigenvalue weighted by atomic mass is 16.4. The first-order chi connectivity index (χ1) is 12.2. The van der Waals surface area contributed by atoms with Crippen LogP contribution < -0.4 is 4.90 Å². The number of carboxylic acid groups (broad SMARTS) is 2. The molecular formula is C17H24N2O7. The van der Waals surface area contributed by atoms with Crippen molar-refractivity contribution in [1.29, 1.82) is 0 Å².